The molecule has 0 heterocycles. The van der Waals surface area contributed by atoms with Gasteiger partial charge in [-0.1, -0.05) is 0 Å². The highest BCUT2D eigenvalue weighted by Crippen LogP contribution is 2.22. The molecule has 0 aliphatic heterocycles. The van der Waals surface area contributed by atoms with Crippen molar-refractivity contribution in [3.63, 3.8) is 0 Å². The molecule has 13 heavy (non-hydrogen) atoms. The van der Waals surface area contributed by atoms with E-state index in [-0.39, 0.29) is 6.03 Å². The fraction of sp³-hybridized carbons (Fsp3) is 0.125. The predicted molar refractivity (Wildman–Crippen MR) is 52.2 cm³/mol. The van der Waals surface area contributed by atoms with Crippen LogP contribution in [0, 0.1) is 5.82 Å². The third kappa shape index (κ3) is 2.69. The maximum atomic E-state index is 12.7. The second kappa shape index (κ2) is 4.23. The van der Waals surface area contributed by atoms with Crippen molar-refractivity contribution >= 4 is 27.6 Å². The van der Waals surface area contributed by atoms with Crippen LogP contribution < -0.4 is 10.6 Å². The van der Waals surface area contributed by atoms with Gasteiger partial charge in [0.2, 0.25) is 0 Å². The van der Waals surface area contributed by atoms with E-state index < -0.39 is 5.82 Å². The Hall–Kier alpha value is -1.10. The fourth-order valence-corrected chi connectivity index (χ4v) is 1.12. The maximum Gasteiger partial charge on any atom is 0.319 e. The largest absolute Gasteiger partial charge is 0.341 e. The van der Waals surface area contributed by atoms with Gasteiger partial charge in [-0.25, -0.2) is 9.18 Å². The third-order valence-electron chi connectivity index (χ3n) is 1.40. The number of urea groups is 1. The highest BCUT2D eigenvalue weighted by molar-refractivity contribution is 9.10. The van der Waals surface area contributed by atoms with E-state index in [4.69, 9.17) is 0 Å². The predicted octanol–water partition coefficient (Wildman–Crippen LogP) is 2.34. The number of halogens is 2. The van der Waals surface area contributed by atoms with Crippen molar-refractivity contribution < 1.29 is 9.18 Å². The van der Waals surface area contributed by atoms with E-state index in [1.807, 2.05) is 0 Å². The third-order valence-corrected chi connectivity index (χ3v) is 2.10. The van der Waals surface area contributed by atoms with Crippen LogP contribution in [0.25, 0.3) is 0 Å². The van der Waals surface area contributed by atoms with Gasteiger partial charge in [-0.15, -0.1) is 0 Å². The summed E-state index contributed by atoms with van der Waals surface area (Å²) < 4.78 is 13.3. The summed E-state index contributed by atoms with van der Waals surface area (Å²) in [4.78, 5) is 10.9. The van der Waals surface area contributed by atoms with Gasteiger partial charge in [0.25, 0.3) is 0 Å². The summed E-state index contributed by atoms with van der Waals surface area (Å²) >= 11 is 3.18. The molecule has 70 valence electrons. The molecule has 0 aromatic heterocycles. The monoisotopic (exact) mass is 246 g/mol. The SMILES string of the molecule is CNC(=O)Nc1cc(F)ccc1Br. The van der Waals surface area contributed by atoms with Crippen molar-refractivity contribution in [2.75, 3.05) is 12.4 Å². The van der Waals surface area contributed by atoms with Gasteiger partial charge in [0.15, 0.2) is 0 Å². The number of amides is 2. The maximum absolute atomic E-state index is 12.7. The molecule has 5 heteroatoms. The lowest BCUT2D eigenvalue weighted by Gasteiger charge is -2.05. The highest BCUT2D eigenvalue weighted by Gasteiger charge is 2.03. The molecule has 0 saturated carbocycles. The molecular weight excluding hydrogens is 239 g/mol. The Morgan fingerprint density at radius 3 is 2.85 bits per heavy atom. The van der Waals surface area contributed by atoms with Crippen molar-refractivity contribution in [3.8, 4) is 0 Å². The topological polar surface area (TPSA) is 41.1 Å². The summed E-state index contributed by atoms with van der Waals surface area (Å²) in [6, 6.07) is 3.69. The van der Waals surface area contributed by atoms with Gasteiger partial charge in [0.05, 0.1) is 5.69 Å². The first-order valence-corrected chi connectivity index (χ1v) is 4.36. The molecule has 0 saturated heterocycles. The Morgan fingerprint density at radius 1 is 1.54 bits per heavy atom. The highest BCUT2D eigenvalue weighted by atomic mass is 79.9. The number of anilines is 1. The number of hydrogen-bond donors (Lipinski definition) is 2. The molecule has 1 aromatic carbocycles. The van der Waals surface area contributed by atoms with Crippen molar-refractivity contribution in [1.82, 2.24) is 5.32 Å². The van der Waals surface area contributed by atoms with E-state index >= 15 is 0 Å². The molecule has 0 atom stereocenters. The minimum Gasteiger partial charge on any atom is -0.341 e. The van der Waals surface area contributed by atoms with Crippen LogP contribution in [0.3, 0.4) is 0 Å². The van der Waals surface area contributed by atoms with Crippen LogP contribution in [-0.4, -0.2) is 13.1 Å². The molecule has 1 aromatic rings. The molecule has 3 nitrogen and oxygen atoms in total. The summed E-state index contributed by atoms with van der Waals surface area (Å²) in [6.45, 7) is 0. The first-order chi connectivity index (χ1) is 6.13. The van der Waals surface area contributed by atoms with Gasteiger partial charge in [-0.05, 0) is 34.1 Å². The first kappa shape index (κ1) is 9.98. The number of benzene rings is 1. The molecule has 0 fully saturated rings. The molecule has 0 aliphatic carbocycles. The van der Waals surface area contributed by atoms with Gasteiger partial charge >= 0.3 is 6.03 Å². The van der Waals surface area contributed by atoms with Crippen LogP contribution >= 0.6 is 15.9 Å². The normalized spacial score (nSPS) is 9.46. The van der Waals surface area contributed by atoms with Crippen LogP contribution in [0.5, 0.6) is 0 Å². The molecule has 0 bridgehead atoms. The van der Waals surface area contributed by atoms with E-state index in [0.717, 1.165) is 0 Å². The Labute approximate surface area is 83.5 Å². The Kier molecular flexibility index (Phi) is 3.25. The number of carbonyl (C=O) groups excluding carboxylic acids is 1. The molecule has 2 N–H and O–H groups in total. The summed E-state index contributed by atoms with van der Waals surface area (Å²) in [5.41, 5.74) is 0.402. The van der Waals surface area contributed by atoms with E-state index in [2.05, 4.69) is 26.6 Å². The van der Waals surface area contributed by atoms with E-state index in [1.165, 1.54) is 25.2 Å². The number of carbonyl (C=O) groups is 1. The second-order valence-electron chi connectivity index (χ2n) is 2.33. The molecule has 0 spiro atoms. The Bertz CT molecular complexity index is 330. The van der Waals surface area contributed by atoms with Gasteiger partial charge in [0, 0.05) is 11.5 Å². The van der Waals surface area contributed by atoms with Crippen LogP contribution in [0.2, 0.25) is 0 Å². The fourth-order valence-electron chi connectivity index (χ4n) is 0.778. The molecular formula is C8H8BrFN2O. The average Bonchev–Trinajstić information content (AvgIpc) is 2.11. The zero-order valence-electron chi connectivity index (χ0n) is 6.90. The van der Waals surface area contributed by atoms with Crippen molar-refractivity contribution in [2.45, 2.75) is 0 Å². The van der Waals surface area contributed by atoms with Crippen LogP contribution in [0.15, 0.2) is 22.7 Å². The number of nitrogens with one attached hydrogen (secondary N) is 2. The standard InChI is InChI=1S/C8H8BrFN2O/c1-11-8(13)12-7-4-5(10)2-3-6(7)9/h2-4H,1H3,(H2,11,12,13). The van der Waals surface area contributed by atoms with Gasteiger partial charge in [-0.3, -0.25) is 0 Å². The van der Waals surface area contributed by atoms with E-state index in [1.54, 1.807) is 0 Å². The smallest absolute Gasteiger partial charge is 0.319 e. The zero-order valence-corrected chi connectivity index (χ0v) is 8.48. The Morgan fingerprint density at radius 2 is 2.23 bits per heavy atom. The summed E-state index contributed by atoms with van der Waals surface area (Å²) in [5, 5.41) is 4.83. The molecule has 0 radical (unpaired) electrons. The number of rotatable bonds is 1. The van der Waals surface area contributed by atoms with Gasteiger partial charge < -0.3 is 10.6 Å². The summed E-state index contributed by atoms with van der Waals surface area (Å²) in [5.74, 6) is -0.394. The lowest BCUT2D eigenvalue weighted by molar-refractivity contribution is 0.254. The van der Waals surface area contributed by atoms with E-state index in [0.29, 0.717) is 10.2 Å². The van der Waals surface area contributed by atoms with Crippen LogP contribution in [0.1, 0.15) is 0 Å². The molecule has 1 rings (SSSR count). The summed E-state index contributed by atoms with van der Waals surface area (Å²) in [6.07, 6.45) is 0. The van der Waals surface area contributed by atoms with Crippen LogP contribution in [0.4, 0.5) is 14.9 Å². The lowest BCUT2D eigenvalue weighted by atomic mass is 10.3. The zero-order chi connectivity index (χ0) is 9.84. The first-order valence-electron chi connectivity index (χ1n) is 3.57. The molecule has 0 aliphatic rings. The second-order valence-corrected chi connectivity index (χ2v) is 3.18. The average molecular weight is 247 g/mol. The van der Waals surface area contributed by atoms with Gasteiger partial charge in [0.1, 0.15) is 5.82 Å². The van der Waals surface area contributed by atoms with Gasteiger partial charge in [-0.2, -0.15) is 0 Å². The van der Waals surface area contributed by atoms with E-state index in [9.17, 15) is 9.18 Å². The minimum atomic E-state index is -0.394. The number of hydrogen-bond acceptors (Lipinski definition) is 1. The lowest BCUT2D eigenvalue weighted by Crippen LogP contribution is -2.24. The Balaban J connectivity index is 2.87. The van der Waals surface area contributed by atoms with Crippen molar-refractivity contribution in [3.05, 3.63) is 28.5 Å². The summed E-state index contributed by atoms with van der Waals surface area (Å²) in [7, 11) is 1.49. The van der Waals surface area contributed by atoms with Crippen molar-refractivity contribution in [2.24, 2.45) is 0 Å². The molecule has 2 amide bonds. The quantitative estimate of drug-likeness (QED) is 0.785. The minimum absolute atomic E-state index is 0.383. The van der Waals surface area contributed by atoms with Crippen LogP contribution in [-0.2, 0) is 0 Å². The molecule has 0 unspecified atom stereocenters. The van der Waals surface area contributed by atoms with Crippen molar-refractivity contribution in [1.29, 1.82) is 0 Å².